The van der Waals surface area contributed by atoms with Gasteiger partial charge in [-0.15, -0.1) is 0 Å². The second-order valence-electron chi connectivity index (χ2n) is 7.55. The van der Waals surface area contributed by atoms with E-state index >= 15 is 0 Å². The van der Waals surface area contributed by atoms with Crippen molar-refractivity contribution in [3.05, 3.63) is 23.9 Å². The molecule has 4 N–H and O–H groups in total. The summed E-state index contributed by atoms with van der Waals surface area (Å²) in [5.41, 5.74) is 6.46. The molecule has 0 aromatic carbocycles. The summed E-state index contributed by atoms with van der Waals surface area (Å²) in [6.07, 6.45) is 1.98. The van der Waals surface area contributed by atoms with Gasteiger partial charge in [0.25, 0.3) is 10.0 Å². The molecule has 0 radical (unpaired) electrons. The van der Waals surface area contributed by atoms with E-state index in [2.05, 4.69) is 10.3 Å². The number of hydrogen-bond donors (Lipinski definition) is 3. The fraction of sp³-hybridized carbons (Fsp3) is 0.667. The minimum Gasteiger partial charge on any atom is -0.390 e. The van der Waals surface area contributed by atoms with E-state index in [1.54, 1.807) is 19.1 Å². The number of aryl methyl sites for hydroxylation is 1. The molecule has 1 aliphatic heterocycles. The zero-order valence-corrected chi connectivity index (χ0v) is 16.9. The lowest BCUT2D eigenvalue weighted by molar-refractivity contribution is -0.124. The Morgan fingerprint density at radius 2 is 2.19 bits per heavy atom. The molecule has 1 amide bonds. The van der Waals surface area contributed by atoms with Crippen LogP contribution in [0.2, 0.25) is 0 Å². The van der Waals surface area contributed by atoms with E-state index in [1.807, 2.05) is 13.8 Å². The van der Waals surface area contributed by atoms with Gasteiger partial charge in [0.1, 0.15) is 0 Å². The third kappa shape index (κ3) is 5.47. The fourth-order valence-electron chi connectivity index (χ4n) is 3.26. The first-order chi connectivity index (χ1) is 12.6. The number of hydrogen-bond acceptors (Lipinski definition) is 6. The average molecular weight is 399 g/mol. The number of aliphatic hydroxyl groups is 1. The first kappa shape index (κ1) is 21.7. The molecule has 27 heavy (non-hydrogen) atoms. The van der Waals surface area contributed by atoms with Crippen molar-refractivity contribution in [3.8, 4) is 0 Å². The van der Waals surface area contributed by atoms with Crippen molar-refractivity contribution in [3.63, 3.8) is 0 Å². The standard InChI is InChI=1S/C18H30N4O4S/c1-12(2)10-14(19)17(24)21-15-7-5-9-22(11-16(15)23)27(25,26)18-13(3)6-4-8-20-18/h4,6,8,12,14-16,23H,5,7,9-11,19H2,1-3H3,(H,21,24)/t14?,15?,16-/m0/s1. The molecule has 3 atom stereocenters. The van der Waals surface area contributed by atoms with Crippen LogP contribution in [-0.2, 0) is 14.8 Å². The number of pyridine rings is 1. The quantitative estimate of drug-likeness (QED) is 0.637. The molecule has 2 heterocycles. The Kier molecular flexibility index (Phi) is 7.32. The number of aromatic nitrogens is 1. The van der Waals surface area contributed by atoms with Crippen LogP contribution in [0.15, 0.2) is 23.4 Å². The Balaban J connectivity index is 2.08. The van der Waals surface area contributed by atoms with E-state index in [9.17, 15) is 18.3 Å². The van der Waals surface area contributed by atoms with Crippen LogP contribution in [0.1, 0.15) is 38.7 Å². The van der Waals surface area contributed by atoms with Crippen molar-refractivity contribution in [1.29, 1.82) is 0 Å². The van der Waals surface area contributed by atoms with Gasteiger partial charge in [-0.25, -0.2) is 13.4 Å². The van der Waals surface area contributed by atoms with Gasteiger partial charge in [0, 0.05) is 19.3 Å². The van der Waals surface area contributed by atoms with Gasteiger partial charge >= 0.3 is 0 Å². The van der Waals surface area contributed by atoms with Crippen LogP contribution >= 0.6 is 0 Å². The Hall–Kier alpha value is -1.55. The lowest BCUT2D eigenvalue weighted by Gasteiger charge is -2.26. The van der Waals surface area contributed by atoms with Gasteiger partial charge in [-0.1, -0.05) is 19.9 Å². The summed E-state index contributed by atoms with van der Waals surface area (Å²) in [4.78, 5) is 16.3. The third-order valence-electron chi connectivity index (χ3n) is 4.71. The van der Waals surface area contributed by atoms with Gasteiger partial charge in [0.2, 0.25) is 5.91 Å². The van der Waals surface area contributed by atoms with Gasteiger partial charge in [0.15, 0.2) is 5.03 Å². The zero-order chi connectivity index (χ0) is 20.2. The summed E-state index contributed by atoms with van der Waals surface area (Å²) in [7, 11) is -3.81. The Bertz CT molecular complexity index is 753. The molecule has 1 fully saturated rings. The van der Waals surface area contributed by atoms with Crippen LogP contribution < -0.4 is 11.1 Å². The highest BCUT2D eigenvalue weighted by Crippen LogP contribution is 2.21. The molecule has 9 heteroatoms. The third-order valence-corrected chi connectivity index (χ3v) is 6.64. The fourth-order valence-corrected chi connectivity index (χ4v) is 4.89. The van der Waals surface area contributed by atoms with Crippen LogP contribution in [0.25, 0.3) is 0 Å². The van der Waals surface area contributed by atoms with Crippen molar-refractivity contribution in [2.45, 2.75) is 63.2 Å². The minimum absolute atomic E-state index is 0.00126. The molecule has 152 valence electrons. The summed E-state index contributed by atoms with van der Waals surface area (Å²) in [6.45, 7) is 5.82. The molecule has 0 saturated carbocycles. The van der Waals surface area contributed by atoms with E-state index in [4.69, 9.17) is 5.73 Å². The number of nitrogens with zero attached hydrogens (tertiary/aromatic N) is 2. The molecular formula is C18H30N4O4S. The topological polar surface area (TPSA) is 126 Å². The van der Waals surface area contributed by atoms with Crippen LogP contribution in [0.5, 0.6) is 0 Å². The Labute approximate surface area is 161 Å². The van der Waals surface area contributed by atoms with E-state index in [0.29, 0.717) is 24.8 Å². The van der Waals surface area contributed by atoms with Crippen molar-refractivity contribution in [2.75, 3.05) is 13.1 Å². The maximum Gasteiger partial charge on any atom is 0.260 e. The number of rotatable bonds is 6. The maximum atomic E-state index is 12.9. The number of β-amino-alcohol motifs (C(OH)–C–C–N with tert-alkyl or cyclic N) is 1. The summed E-state index contributed by atoms with van der Waals surface area (Å²) in [5.74, 6) is -0.0309. The number of nitrogens with two attached hydrogens (primary N) is 1. The molecule has 1 saturated heterocycles. The monoisotopic (exact) mass is 398 g/mol. The first-order valence-electron chi connectivity index (χ1n) is 9.28. The molecule has 1 aliphatic rings. The van der Waals surface area contributed by atoms with E-state index < -0.39 is 28.2 Å². The minimum atomic E-state index is -3.81. The van der Waals surface area contributed by atoms with Crippen LogP contribution in [0.3, 0.4) is 0 Å². The second kappa shape index (κ2) is 9.09. The zero-order valence-electron chi connectivity index (χ0n) is 16.1. The first-order valence-corrected chi connectivity index (χ1v) is 10.7. The Morgan fingerprint density at radius 1 is 1.48 bits per heavy atom. The Morgan fingerprint density at radius 3 is 2.81 bits per heavy atom. The van der Waals surface area contributed by atoms with Crippen LogP contribution in [-0.4, -0.2) is 60.0 Å². The SMILES string of the molecule is Cc1cccnc1S(=O)(=O)N1CCCC(NC(=O)C(N)CC(C)C)[C@@H](O)C1. The molecule has 2 unspecified atom stereocenters. The normalized spacial score (nSPS) is 23.0. The van der Waals surface area contributed by atoms with Crippen molar-refractivity contribution in [1.82, 2.24) is 14.6 Å². The van der Waals surface area contributed by atoms with Gasteiger partial charge in [0.05, 0.1) is 18.2 Å². The molecule has 0 bridgehead atoms. The molecule has 0 aliphatic carbocycles. The molecule has 8 nitrogen and oxygen atoms in total. The summed E-state index contributed by atoms with van der Waals surface area (Å²) < 4.78 is 27.1. The predicted molar refractivity (Wildman–Crippen MR) is 102 cm³/mol. The number of aliphatic hydroxyl groups excluding tert-OH is 1. The number of nitrogens with one attached hydrogen (secondary N) is 1. The summed E-state index contributed by atoms with van der Waals surface area (Å²) >= 11 is 0. The smallest absolute Gasteiger partial charge is 0.260 e. The van der Waals surface area contributed by atoms with Gasteiger partial charge < -0.3 is 16.2 Å². The number of sulfonamides is 1. The highest BCUT2D eigenvalue weighted by Gasteiger charge is 2.35. The molecule has 1 aromatic heterocycles. The van der Waals surface area contributed by atoms with E-state index in [-0.39, 0.29) is 29.9 Å². The highest BCUT2D eigenvalue weighted by atomic mass is 32.2. The van der Waals surface area contributed by atoms with Crippen LogP contribution in [0, 0.1) is 12.8 Å². The molecule has 1 aromatic rings. The van der Waals surface area contributed by atoms with Crippen molar-refractivity contribution < 1.29 is 18.3 Å². The highest BCUT2D eigenvalue weighted by molar-refractivity contribution is 7.89. The summed E-state index contributed by atoms with van der Waals surface area (Å²) in [5, 5.41) is 13.3. The van der Waals surface area contributed by atoms with Gasteiger partial charge in [-0.05, 0) is 43.7 Å². The molecule has 0 spiro atoms. The lowest BCUT2D eigenvalue weighted by Crippen LogP contribution is -2.51. The van der Waals surface area contributed by atoms with Crippen molar-refractivity contribution >= 4 is 15.9 Å². The average Bonchev–Trinajstić information content (AvgIpc) is 2.77. The predicted octanol–water partition coefficient (Wildman–Crippen LogP) is 0.394. The maximum absolute atomic E-state index is 12.9. The summed E-state index contributed by atoms with van der Waals surface area (Å²) in [6, 6.07) is 2.20. The van der Waals surface area contributed by atoms with E-state index in [1.165, 1.54) is 10.5 Å². The number of carbonyl (C=O) groups excluding carboxylic acids is 1. The molecule has 2 rings (SSSR count). The van der Waals surface area contributed by atoms with Crippen LogP contribution in [0.4, 0.5) is 0 Å². The molecular weight excluding hydrogens is 368 g/mol. The van der Waals surface area contributed by atoms with Gasteiger partial charge in [-0.3, -0.25) is 4.79 Å². The second-order valence-corrected chi connectivity index (χ2v) is 9.40. The number of carbonyl (C=O) groups is 1. The largest absolute Gasteiger partial charge is 0.390 e. The van der Waals surface area contributed by atoms with Gasteiger partial charge in [-0.2, -0.15) is 4.31 Å². The van der Waals surface area contributed by atoms with Crippen molar-refractivity contribution in [2.24, 2.45) is 11.7 Å². The lowest BCUT2D eigenvalue weighted by atomic mass is 10.0. The number of amides is 1. The van der Waals surface area contributed by atoms with E-state index in [0.717, 1.165) is 0 Å².